The molecule has 0 fully saturated rings. The number of hydrogen-bond donors (Lipinski definition) is 0. The van der Waals surface area contributed by atoms with Crippen molar-refractivity contribution in [3.05, 3.63) is 47.8 Å². The summed E-state index contributed by atoms with van der Waals surface area (Å²) in [6.45, 7) is 0. The first kappa shape index (κ1) is 8.49. The molecule has 2 rings (SSSR count). The van der Waals surface area contributed by atoms with Crippen LogP contribution in [0.2, 0.25) is 0 Å². The van der Waals surface area contributed by atoms with E-state index in [9.17, 15) is 4.39 Å². The maximum Gasteiger partial charge on any atom is 0.126 e. The molecule has 1 unspecified atom stereocenters. The Labute approximate surface area is 78.1 Å². The van der Waals surface area contributed by atoms with Gasteiger partial charge in [0.1, 0.15) is 5.82 Å². The molecule has 1 aromatic carbocycles. The van der Waals surface area contributed by atoms with Crippen LogP contribution in [0, 0.1) is 5.82 Å². The minimum absolute atomic E-state index is 0.0530. The molecule has 68 valence electrons. The first-order valence-electron chi connectivity index (χ1n) is 4.77. The van der Waals surface area contributed by atoms with Crippen LogP contribution in [0.1, 0.15) is 30.7 Å². The minimum Gasteiger partial charge on any atom is -0.207 e. The highest BCUT2D eigenvalue weighted by molar-refractivity contribution is 5.23. The fraction of sp³-hybridized carbons (Fsp3) is 0.333. The average Bonchev–Trinajstić information content (AvgIpc) is 2.20. The minimum atomic E-state index is -0.0530. The van der Waals surface area contributed by atoms with Crippen molar-refractivity contribution in [2.45, 2.75) is 25.2 Å². The van der Waals surface area contributed by atoms with Gasteiger partial charge in [0.25, 0.3) is 0 Å². The van der Waals surface area contributed by atoms with E-state index in [0.29, 0.717) is 5.92 Å². The number of allylic oxidation sites excluding steroid dienone is 2. The third-order valence-corrected chi connectivity index (χ3v) is 2.61. The summed E-state index contributed by atoms with van der Waals surface area (Å²) in [5.41, 5.74) is 0.881. The zero-order valence-corrected chi connectivity index (χ0v) is 7.54. The average molecular weight is 176 g/mol. The van der Waals surface area contributed by atoms with Crippen LogP contribution in [0.4, 0.5) is 4.39 Å². The molecule has 0 radical (unpaired) electrons. The van der Waals surface area contributed by atoms with Crippen LogP contribution in [0.3, 0.4) is 0 Å². The lowest BCUT2D eigenvalue weighted by molar-refractivity contribution is 0.549. The summed E-state index contributed by atoms with van der Waals surface area (Å²) in [5, 5.41) is 0. The fourth-order valence-electron chi connectivity index (χ4n) is 1.88. The molecular weight excluding hydrogens is 163 g/mol. The normalized spacial score (nSPS) is 21.8. The number of benzene rings is 1. The first-order chi connectivity index (χ1) is 6.38. The van der Waals surface area contributed by atoms with Crippen molar-refractivity contribution >= 4 is 0 Å². The van der Waals surface area contributed by atoms with Crippen LogP contribution in [0.15, 0.2) is 36.4 Å². The molecule has 13 heavy (non-hydrogen) atoms. The summed E-state index contributed by atoms with van der Waals surface area (Å²) in [6, 6.07) is 7.11. The molecule has 0 nitrogen and oxygen atoms in total. The fourth-order valence-corrected chi connectivity index (χ4v) is 1.88. The smallest absolute Gasteiger partial charge is 0.126 e. The quantitative estimate of drug-likeness (QED) is 0.573. The van der Waals surface area contributed by atoms with Crippen molar-refractivity contribution in [1.29, 1.82) is 0 Å². The third-order valence-electron chi connectivity index (χ3n) is 2.61. The number of hydrogen-bond acceptors (Lipinski definition) is 0. The Morgan fingerprint density at radius 3 is 2.69 bits per heavy atom. The Balaban J connectivity index is 2.24. The van der Waals surface area contributed by atoms with E-state index in [4.69, 9.17) is 0 Å². The van der Waals surface area contributed by atoms with E-state index in [1.807, 2.05) is 12.1 Å². The molecule has 0 saturated heterocycles. The van der Waals surface area contributed by atoms with E-state index in [2.05, 4.69) is 12.2 Å². The van der Waals surface area contributed by atoms with Gasteiger partial charge in [0, 0.05) is 0 Å². The number of halogens is 1. The van der Waals surface area contributed by atoms with Crippen molar-refractivity contribution < 1.29 is 4.39 Å². The maximum atomic E-state index is 13.4. The van der Waals surface area contributed by atoms with Crippen LogP contribution >= 0.6 is 0 Å². The molecule has 0 aromatic heterocycles. The topological polar surface area (TPSA) is 0 Å². The Morgan fingerprint density at radius 1 is 1.15 bits per heavy atom. The number of rotatable bonds is 1. The third kappa shape index (κ3) is 1.80. The van der Waals surface area contributed by atoms with Crippen LogP contribution < -0.4 is 0 Å². The van der Waals surface area contributed by atoms with E-state index in [0.717, 1.165) is 24.8 Å². The van der Waals surface area contributed by atoms with Gasteiger partial charge in [-0.3, -0.25) is 0 Å². The molecule has 1 aliphatic carbocycles. The summed E-state index contributed by atoms with van der Waals surface area (Å²) < 4.78 is 13.4. The van der Waals surface area contributed by atoms with Gasteiger partial charge in [-0.05, 0) is 36.8 Å². The molecule has 1 atom stereocenters. The molecule has 0 spiro atoms. The maximum absolute atomic E-state index is 13.4. The largest absolute Gasteiger partial charge is 0.207 e. The van der Waals surface area contributed by atoms with Gasteiger partial charge in [-0.1, -0.05) is 30.4 Å². The second-order valence-corrected chi connectivity index (χ2v) is 3.50. The van der Waals surface area contributed by atoms with E-state index < -0.39 is 0 Å². The van der Waals surface area contributed by atoms with Crippen LogP contribution in [0.25, 0.3) is 0 Å². The summed E-state index contributed by atoms with van der Waals surface area (Å²) in [7, 11) is 0. The van der Waals surface area contributed by atoms with Crippen molar-refractivity contribution in [2.75, 3.05) is 0 Å². The first-order valence-corrected chi connectivity index (χ1v) is 4.77. The van der Waals surface area contributed by atoms with E-state index in [1.54, 1.807) is 12.1 Å². The molecule has 1 aromatic rings. The van der Waals surface area contributed by atoms with Gasteiger partial charge in [-0.2, -0.15) is 0 Å². The molecular formula is C12H13F. The molecule has 0 heterocycles. The Bertz CT molecular complexity index is 315. The van der Waals surface area contributed by atoms with Gasteiger partial charge in [0.2, 0.25) is 0 Å². The molecule has 1 heteroatoms. The van der Waals surface area contributed by atoms with E-state index >= 15 is 0 Å². The van der Waals surface area contributed by atoms with Gasteiger partial charge in [-0.25, -0.2) is 4.39 Å². The van der Waals surface area contributed by atoms with Crippen molar-refractivity contribution in [3.63, 3.8) is 0 Å². The molecule has 1 aliphatic rings. The van der Waals surface area contributed by atoms with Gasteiger partial charge in [-0.15, -0.1) is 0 Å². The van der Waals surface area contributed by atoms with Crippen molar-refractivity contribution in [3.8, 4) is 0 Å². The lowest BCUT2D eigenvalue weighted by Gasteiger charge is -2.18. The summed E-state index contributed by atoms with van der Waals surface area (Å²) in [5.74, 6) is 0.342. The Hall–Kier alpha value is -1.11. The lowest BCUT2D eigenvalue weighted by atomic mass is 9.87. The molecule has 0 aliphatic heterocycles. The SMILES string of the molecule is Fc1ccccc1C1CC=CCC1. The predicted molar refractivity (Wildman–Crippen MR) is 52.1 cm³/mol. The van der Waals surface area contributed by atoms with Crippen LogP contribution in [-0.2, 0) is 0 Å². The standard InChI is InChI=1S/C12H13F/c13-12-9-5-4-8-11(12)10-6-2-1-3-7-10/h1-2,4-5,8-10H,3,6-7H2. The van der Waals surface area contributed by atoms with E-state index in [1.165, 1.54) is 0 Å². The molecule has 0 bridgehead atoms. The molecule has 0 saturated carbocycles. The van der Waals surface area contributed by atoms with Gasteiger partial charge in [0.05, 0.1) is 0 Å². The van der Waals surface area contributed by atoms with Crippen LogP contribution in [-0.4, -0.2) is 0 Å². The summed E-state index contributed by atoms with van der Waals surface area (Å²) >= 11 is 0. The Morgan fingerprint density at radius 2 is 2.00 bits per heavy atom. The zero-order chi connectivity index (χ0) is 9.10. The second kappa shape index (κ2) is 3.73. The zero-order valence-electron chi connectivity index (χ0n) is 7.54. The van der Waals surface area contributed by atoms with Gasteiger partial charge in [0.15, 0.2) is 0 Å². The molecule has 0 amide bonds. The highest BCUT2D eigenvalue weighted by Gasteiger charge is 2.15. The van der Waals surface area contributed by atoms with Gasteiger partial charge < -0.3 is 0 Å². The van der Waals surface area contributed by atoms with Crippen molar-refractivity contribution in [1.82, 2.24) is 0 Å². The van der Waals surface area contributed by atoms with Crippen LogP contribution in [0.5, 0.6) is 0 Å². The van der Waals surface area contributed by atoms with E-state index in [-0.39, 0.29) is 5.82 Å². The summed E-state index contributed by atoms with van der Waals surface area (Å²) in [4.78, 5) is 0. The lowest BCUT2D eigenvalue weighted by Crippen LogP contribution is -2.02. The predicted octanol–water partition coefficient (Wildman–Crippen LogP) is 3.65. The highest BCUT2D eigenvalue weighted by atomic mass is 19.1. The monoisotopic (exact) mass is 176 g/mol. The second-order valence-electron chi connectivity index (χ2n) is 3.50. The molecule has 0 N–H and O–H groups in total. The highest BCUT2D eigenvalue weighted by Crippen LogP contribution is 2.30. The van der Waals surface area contributed by atoms with Crippen molar-refractivity contribution in [2.24, 2.45) is 0 Å². The Kier molecular flexibility index (Phi) is 2.44. The summed E-state index contributed by atoms with van der Waals surface area (Å²) in [6.07, 6.45) is 7.48. The van der Waals surface area contributed by atoms with Gasteiger partial charge >= 0.3 is 0 Å².